The number of hydrogen-bond acceptors (Lipinski definition) is 3. The largest absolute Gasteiger partial charge is 0.299 e. The van der Waals surface area contributed by atoms with Crippen LogP contribution >= 0.6 is 0 Å². The Labute approximate surface area is 99.0 Å². The van der Waals surface area contributed by atoms with Gasteiger partial charge in [-0.1, -0.05) is 6.42 Å². The fourth-order valence-corrected chi connectivity index (χ4v) is 2.96. The van der Waals surface area contributed by atoms with E-state index in [1.807, 2.05) is 13.8 Å². The Kier molecular flexibility index (Phi) is 3.51. The maximum atomic E-state index is 9.07. The molecule has 1 atom stereocenters. The Bertz CT molecular complexity index is 279. The zero-order valence-electron chi connectivity index (χ0n) is 10.6. The van der Waals surface area contributed by atoms with Gasteiger partial charge in [0.05, 0.1) is 11.5 Å². The van der Waals surface area contributed by atoms with Gasteiger partial charge < -0.3 is 0 Å². The van der Waals surface area contributed by atoms with Gasteiger partial charge in [0.1, 0.15) is 0 Å². The summed E-state index contributed by atoms with van der Waals surface area (Å²) >= 11 is 0. The van der Waals surface area contributed by atoms with Crippen molar-refractivity contribution in [1.29, 1.82) is 5.26 Å². The standard InChI is InChI=1S/C13H23N3/c1-13(2,10-14)11-15-7-8-16-6-4-3-5-12(16)9-15/h12H,3-9,11H2,1-2H3. The second-order valence-corrected chi connectivity index (χ2v) is 5.92. The second kappa shape index (κ2) is 4.73. The van der Waals surface area contributed by atoms with Gasteiger partial charge in [-0.3, -0.25) is 9.80 Å². The van der Waals surface area contributed by atoms with Gasteiger partial charge in [0, 0.05) is 32.2 Å². The highest BCUT2D eigenvalue weighted by Crippen LogP contribution is 2.23. The summed E-state index contributed by atoms with van der Waals surface area (Å²) in [6.07, 6.45) is 4.11. The molecular weight excluding hydrogens is 198 g/mol. The molecule has 0 N–H and O–H groups in total. The quantitative estimate of drug-likeness (QED) is 0.711. The van der Waals surface area contributed by atoms with Gasteiger partial charge in [0.2, 0.25) is 0 Å². The molecule has 16 heavy (non-hydrogen) atoms. The van der Waals surface area contributed by atoms with Crippen molar-refractivity contribution in [3.8, 4) is 6.07 Å². The lowest BCUT2D eigenvalue weighted by molar-refractivity contribution is 0.0384. The molecule has 2 saturated heterocycles. The molecule has 2 heterocycles. The van der Waals surface area contributed by atoms with E-state index in [1.54, 1.807) is 0 Å². The fraction of sp³-hybridized carbons (Fsp3) is 0.923. The Hall–Kier alpha value is -0.590. The number of piperidine rings is 1. The summed E-state index contributed by atoms with van der Waals surface area (Å²) in [6.45, 7) is 9.81. The van der Waals surface area contributed by atoms with Crippen molar-refractivity contribution in [2.24, 2.45) is 5.41 Å². The molecule has 90 valence electrons. The number of nitriles is 1. The molecule has 3 nitrogen and oxygen atoms in total. The van der Waals surface area contributed by atoms with Crippen molar-refractivity contribution in [1.82, 2.24) is 9.80 Å². The topological polar surface area (TPSA) is 30.3 Å². The summed E-state index contributed by atoms with van der Waals surface area (Å²) in [6, 6.07) is 3.17. The van der Waals surface area contributed by atoms with Crippen LogP contribution in [0.1, 0.15) is 33.1 Å². The molecule has 3 heteroatoms. The maximum Gasteiger partial charge on any atom is 0.0697 e. The normalized spacial score (nSPS) is 28.4. The van der Waals surface area contributed by atoms with Crippen molar-refractivity contribution in [2.45, 2.75) is 39.2 Å². The van der Waals surface area contributed by atoms with Crippen molar-refractivity contribution >= 4 is 0 Å². The number of piperazine rings is 1. The van der Waals surface area contributed by atoms with E-state index in [1.165, 1.54) is 38.9 Å². The summed E-state index contributed by atoms with van der Waals surface area (Å²) in [7, 11) is 0. The van der Waals surface area contributed by atoms with Crippen LogP contribution in [0.3, 0.4) is 0 Å². The van der Waals surface area contributed by atoms with E-state index in [-0.39, 0.29) is 5.41 Å². The molecule has 2 aliphatic heterocycles. The van der Waals surface area contributed by atoms with Gasteiger partial charge in [-0.25, -0.2) is 0 Å². The van der Waals surface area contributed by atoms with Crippen LogP contribution in [-0.4, -0.2) is 48.6 Å². The predicted molar refractivity (Wildman–Crippen MR) is 65.0 cm³/mol. The summed E-state index contributed by atoms with van der Waals surface area (Å²) < 4.78 is 0. The van der Waals surface area contributed by atoms with Crippen LogP contribution in [0.5, 0.6) is 0 Å². The van der Waals surface area contributed by atoms with Crippen LogP contribution in [0, 0.1) is 16.7 Å². The van der Waals surface area contributed by atoms with E-state index in [9.17, 15) is 0 Å². The molecule has 0 aromatic heterocycles. The fourth-order valence-electron chi connectivity index (χ4n) is 2.96. The summed E-state index contributed by atoms with van der Waals surface area (Å²) in [5, 5.41) is 9.07. The Balaban J connectivity index is 1.88. The third-order valence-electron chi connectivity index (χ3n) is 3.84. The summed E-state index contributed by atoms with van der Waals surface area (Å²) in [5.41, 5.74) is -0.198. The van der Waals surface area contributed by atoms with E-state index in [0.717, 1.165) is 19.1 Å². The van der Waals surface area contributed by atoms with Gasteiger partial charge in [-0.15, -0.1) is 0 Å². The number of fused-ring (bicyclic) bond motifs is 1. The molecule has 0 aromatic rings. The molecule has 0 radical (unpaired) electrons. The highest BCUT2D eigenvalue weighted by molar-refractivity contribution is 4.96. The van der Waals surface area contributed by atoms with Gasteiger partial charge in [-0.2, -0.15) is 5.26 Å². The summed E-state index contributed by atoms with van der Waals surface area (Å²) in [5.74, 6) is 0. The first-order valence-corrected chi connectivity index (χ1v) is 6.48. The molecule has 2 fully saturated rings. The van der Waals surface area contributed by atoms with Crippen LogP contribution in [0.2, 0.25) is 0 Å². The lowest BCUT2D eigenvalue weighted by Crippen LogP contribution is -2.56. The van der Waals surface area contributed by atoms with Crippen LogP contribution in [0.4, 0.5) is 0 Å². The van der Waals surface area contributed by atoms with Gasteiger partial charge in [-0.05, 0) is 33.2 Å². The van der Waals surface area contributed by atoms with Gasteiger partial charge in [0.25, 0.3) is 0 Å². The number of rotatable bonds is 2. The van der Waals surface area contributed by atoms with Crippen LogP contribution in [-0.2, 0) is 0 Å². The molecule has 0 spiro atoms. The third kappa shape index (κ3) is 2.75. The SMILES string of the molecule is CC(C)(C#N)CN1CCN2CCCCC2C1. The first-order valence-electron chi connectivity index (χ1n) is 6.48. The smallest absolute Gasteiger partial charge is 0.0697 e. The lowest BCUT2D eigenvalue weighted by Gasteiger charge is -2.45. The van der Waals surface area contributed by atoms with Crippen molar-refractivity contribution in [3.63, 3.8) is 0 Å². The van der Waals surface area contributed by atoms with Crippen molar-refractivity contribution in [3.05, 3.63) is 0 Å². The predicted octanol–water partition coefficient (Wildman–Crippen LogP) is 1.71. The van der Waals surface area contributed by atoms with Crippen LogP contribution < -0.4 is 0 Å². The first-order chi connectivity index (χ1) is 7.61. The van der Waals surface area contributed by atoms with Crippen molar-refractivity contribution < 1.29 is 0 Å². The minimum absolute atomic E-state index is 0.198. The van der Waals surface area contributed by atoms with E-state index in [2.05, 4.69) is 15.9 Å². The molecule has 2 aliphatic rings. The lowest BCUT2D eigenvalue weighted by atomic mass is 9.93. The highest BCUT2D eigenvalue weighted by Gasteiger charge is 2.31. The second-order valence-electron chi connectivity index (χ2n) is 5.92. The zero-order valence-corrected chi connectivity index (χ0v) is 10.6. The average molecular weight is 221 g/mol. The average Bonchev–Trinajstić information content (AvgIpc) is 2.28. The van der Waals surface area contributed by atoms with E-state index >= 15 is 0 Å². The Morgan fingerprint density at radius 3 is 2.81 bits per heavy atom. The molecule has 0 amide bonds. The number of hydrogen-bond donors (Lipinski definition) is 0. The minimum atomic E-state index is -0.198. The maximum absolute atomic E-state index is 9.07. The van der Waals surface area contributed by atoms with Crippen LogP contribution in [0.25, 0.3) is 0 Å². The van der Waals surface area contributed by atoms with Crippen molar-refractivity contribution in [2.75, 3.05) is 32.7 Å². The Morgan fingerprint density at radius 2 is 2.06 bits per heavy atom. The minimum Gasteiger partial charge on any atom is -0.299 e. The molecule has 0 aliphatic carbocycles. The molecule has 1 unspecified atom stereocenters. The Morgan fingerprint density at radius 1 is 1.25 bits per heavy atom. The van der Waals surface area contributed by atoms with E-state index in [4.69, 9.17) is 5.26 Å². The molecular formula is C13H23N3. The molecule has 0 bridgehead atoms. The number of nitrogens with zero attached hydrogens (tertiary/aromatic N) is 3. The molecule has 2 rings (SSSR count). The summed E-state index contributed by atoms with van der Waals surface area (Å²) in [4.78, 5) is 5.12. The molecule has 0 saturated carbocycles. The first kappa shape index (κ1) is 11.9. The molecule has 0 aromatic carbocycles. The van der Waals surface area contributed by atoms with E-state index in [0.29, 0.717) is 0 Å². The highest BCUT2D eigenvalue weighted by atomic mass is 15.3. The van der Waals surface area contributed by atoms with Gasteiger partial charge in [0.15, 0.2) is 0 Å². The van der Waals surface area contributed by atoms with E-state index < -0.39 is 0 Å². The van der Waals surface area contributed by atoms with Gasteiger partial charge >= 0.3 is 0 Å². The monoisotopic (exact) mass is 221 g/mol. The van der Waals surface area contributed by atoms with Crippen LogP contribution in [0.15, 0.2) is 0 Å². The third-order valence-corrected chi connectivity index (χ3v) is 3.84. The zero-order chi connectivity index (χ0) is 11.6.